The monoisotopic (exact) mass is 413 g/mol. The number of aromatic nitrogens is 1. The van der Waals surface area contributed by atoms with E-state index in [2.05, 4.69) is 37.1 Å². The van der Waals surface area contributed by atoms with E-state index in [0.29, 0.717) is 13.0 Å². The van der Waals surface area contributed by atoms with Crippen molar-refractivity contribution in [2.75, 3.05) is 37.3 Å². The van der Waals surface area contributed by atoms with Crippen molar-refractivity contribution in [1.29, 1.82) is 0 Å². The highest BCUT2D eigenvalue weighted by atomic mass is 32.2. The van der Waals surface area contributed by atoms with Gasteiger partial charge in [-0.2, -0.15) is 0 Å². The fraction of sp³-hybridized carbons (Fsp3) is 0.364. The minimum Gasteiger partial charge on any atom is -0.302 e. The van der Waals surface area contributed by atoms with Crippen LogP contribution in [0.2, 0.25) is 0 Å². The zero-order chi connectivity index (χ0) is 19.9. The van der Waals surface area contributed by atoms with E-state index >= 15 is 0 Å². The summed E-state index contributed by atoms with van der Waals surface area (Å²) in [5, 5.41) is 0.793. The Hall–Kier alpha value is -1.89. The number of thioether (sulfide) groups is 1. The number of amides is 1. The van der Waals surface area contributed by atoms with Gasteiger partial charge in [0.1, 0.15) is 0 Å². The van der Waals surface area contributed by atoms with Gasteiger partial charge in [0.25, 0.3) is 0 Å². The number of carbonyl (C=O) groups is 1. The molecule has 0 atom stereocenters. The Morgan fingerprint density at radius 1 is 1.07 bits per heavy atom. The van der Waals surface area contributed by atoms with Gasteiger partial charge in [-0.25, -0.2) is 4.98 Å². The summed E-state index contributed by atoms with van der Waals surface area (Å²) in [5.74, 6) is 0.0995. The topological polar surface area (TPSA) is 36.4 Å². The van der Waals surface area contributed by atoms with Crippen molar-refractivity contribution in [2.24, 2.45) is 0 Å². The molecule has 0 saturated carbocycles. The number of benzene rings is 2. The molecule has 1 aromatic heterocycles. The molecular weight excluding hydrogens is 386 g/mol. The first-order valence-corrected chi connectivity index (χ1v) is 11.7. The number of carbonyl (C=O) groups excluding carboxylic acids is 1. The zero-order valence-corrected chi connectivity index (χ0v) is 18.4. The third kappa shape index (κ3) is 5.13. The molecule has 0 saturated heterocycles. The van der Waals surface area contributed by atoms with Gasteiger partial charge in [0, 0.05) is 18.0 Å². The van der Waals surface area contributed by atoms with Crippen molar-refractivity contribution in [2.45, 2.75) is 25.2 Å². The van der Waals surface area contributed by atoms with Crippen LogP contribution in [0.4, 0.5) is 5.13 Å². The zero-order valence-electron chi connectivity index (χ0n) is 16.7. The molecule has 0 spiro atoms. The van der Waals surface area contributed by atoms with E-state index in [-0.39, 0.29) is 5.91 Å². The number of likely N-dealkylation sites (N-methyl/N-ethyl adjacent to an activating group) is 1. The van der Waals surface area contributed by atoms with Crippen molar-refractivity contribution in [1.82, 2.24) is 9.88 Å². The van der Waals surface area contributed by atoms with Crippen molar-refractivity contribution >= 4 is 44.4 Å². The van der Waals surface area contributed by atoms with Gasteiger partial charge >= 0.3 is 0 Å². The lowest BCUT2D eigenvalue weighted by Crippen LogP contribution is -2.39. The lowest BCUT2D eigenvalue weighted by Gasteiger charge is -2.24. The van der Waals surface area contributed by atoms with Crippen LogP contribution in [-0.4, -0.2) is 48.2 Å². The van der Waals surface area contributed by atoms with Crippen molar-refractivity contribution in [3.8, 4) is 0 Å². The maximum absolute atomic E-state index is 13.2. The van der Waals surface area contributed by atoms with Gasteiger partial charge < -0.3 is 4.90 Å². The number of hydrogen-bond acceptors (Lipinski definition) is 5. The first-order valence-electron chi connectivity index (χ1n) is 9.65. The van der Waals surface area contributed by atoms with E-state index in [9.17, 15) is 4.79 Å². The number of thiazole rings is 1. The highest BCUT2D eigenvalue weighted by molar-refractivity contribution is 7.98. The summed E-state index contributed by atoms with van der Waals surface area (Å²) in [6.07, 6.45) is 2.47. The SMILES string of the molecule is CCN(CC)CCN(C(=O)Cc1ccccc1)c1nc2ccc(SC)cc2s1. The standard InChI is InChI=1S/C22H27N3OS2/c1-4-24(5-2)13-14-25(21(26)15-17-9-7-6-8-10-17)22-23-19-12-11-18(27-3)16-20(19)28-22/h6-12,16H,4-5,13-15H2,1-3H3. The smallest absolute Gasteiger partial charge is 0.233 e. The average Bonchev–Trinajstić information content (AvgIpc) is 3.14. The molecule has 0 fully saturated rings. The van der Waals surface area contributed by atoms with Crippen LogP contribution in [0.1, 0.15) is 19.4 Å². The largest absolute Gasteiger partial charge is 0.302 e. The molecule has 0 N–H and O–H groups in total. The molecule has 0 unspecified atom stereocenters. The summed E-state index contributed by atoms with van der Waals surface area (Å²) >= 11 is 3.32. The van der Waals surface area contributed by atoms with Gasteiger partial charge in [-0.3, -0.25) is 9.69 Å². The summed E-state index contributed by atoms with van der Waals surface area (Å²) in [5.41, 5.74) is 1.99. The Morgan fingerprint density at radius 2 is 1.82 bits per heavy atom. The number of hydrogen-bond donors (Lipinski definition) is 0. The molecule has 0 bridgehead atoms. The van der Waals surface area contributed by atoms with Gasteiger partial charge in [0.15, 0.2) is 5.13 Å². The first kappa shape index (κ1) is 20.8. The van der Waals surface area contributed by atoms with Crippen LogP contribution >= 0.6 is 23.1 Å². The molecule has 3 aromatic rings. The lowest BCUT2D eigenvalue weighted by molar-refractivity contribution is -0.118. The number of rotatable bonds is 9. The van der Waals surface area contributed by atoms with Crippen molar-refractivity contribution < 1.29 is 4.79 Å². The van der Waals surface area contributed by atoms with Crippen LogP contribution in [0.3, 0.4) is 0 Å². The van der Waals surface area contributed by atoms with E-state index in [1.807, 2.05) is 41.3 Å². The molecule has 28 heavy (non-hydrogen) atoms. The highest BCUT2D eigenvalue weighted by Gasteiger charge is 2.20. The van der Waals surface area contributed by atoms with Crippen LogP contribution < -0.4 is 4.90 Å². The van der Waals surface area contributed by atoms with Gasteiger partial charge in [-0.15, -0.1) is 11.8 Å². The summed E-state index contributed by atoms with van der Waals surface area (Å²) in [6.45, 7) is 7.77. The summed E-state index contributed by atoms with van der Waals surface area (Å²) in [6, 6.07) is 16.2. The lowest BCUT2D eigenvalue weighted by atomic mass is 10.1. The Morgan fingerprint density at radius 3 is 2.50 bits per heavy atom. The van der Waals surface area contributed by atoms with Crippen molar-refractivity contribution in [3.63, 3.8) is 0 Å². The Bertz CT molecular complexity index is 907. The molecule has 4 nitrogen and oxygen atoms in total. The van der Waals surface area contributed by atoms with Crippen LogP contribution in [0, 0.1) is 0 Å². The van der Waals surface area contributed by atoms with E-state index in [4.69, 9.17) is 4.98 Å². The fourth-order valence-electron chi connectivity index (χ4n) is 3.11. The molecule has 0 aliphatic rings. The first-order chi connectivity index (χ1) is 13.6. The summed E-state index contributed by atoms with van der Waals surface area (Å²) < 4.78 is 1.13. The fourth-order valence-corrected chi connectivity index (χ4v) is 4.67. The Balaban J connectivity index is 1.87. The predicted molar refractivity (Wildman–Crippen MR) is 122 cm³/mol. The summed E-state index contributed by atoms with van der Waals surface area (Å²) in [7, 11) is 0. The molecule has 1 amide bonds. The van der Waals surface area contributed by atoms with E-state index in [1.54, 1.807) is 23.1 Å². The van der Waals surface area contributed by atoms with Gasteiger partial charge in [0.2, 0.25) is 5.91 Å². The second-order valence-corrected chi connectivity index (χ2v) is 8.45. The highest BCUT2D eigenvalue weighted by Crippen LogP contribution is 2.32. The molecular formula is C22H27N3OS2. The second-order valence-electron chi connectivity index (χ2n) is 6.56. The molecule has 0 radical (unpaired) electrons. The van der Waals surface area contributed by atoms with Crippen LogP contribution in [-0.2, 0) is 11.2 Å². The molecule has 0 aliphatic carbocycles. The maximum atomic E-state index is 13.2. The van der Waals surface area contributed by atoms with E-state index in [1.165, 1.54) is 4.90 Å². The van der Waals surface area contributed by atoms with Gasteiger partial charge in [0.05, 0.1) is 16.6 Å². The van der Waals surface area contributed by atoms with Crippen molar-refractivity contribution in [3.05, 3.63) is 54.1 Å². The Labute approximate surface area is 175 Å². The van der Waals surface area contributed by atoms with Crippen LogP contribution in [0.15, 0.2) is 53.4 Å². The molecule has 3 rings (SSSR count). The number of anilines is 1. The Kier molecular flexibility index (Phi) is 7.48. The molecule has 2 aromatic carbocycles. The van der Waals surface area contributed by atoms with E-state index < -0.39 is 0 Å². The maximum Gasteiger partial charge on any atom is 0.233 e. The second kappa shape index (κ2) is 10.0. The number of nitrogens with zero attached hydrogens (tertiary/aromatic N) is 3. The van der Waals surface area contributed by atoms with E-state index in [0.717, 1.165) is 40.5 Å². The number of fused-ring (bicyclic) bond motifs is 1. The van der Waals surface area contributed by atoms with Gasteiger partial charge in [-0.1, -0.05) is 55.5 Å². The predicted octanol–water partition coefficient (Wildman–Crippen LogP) is 4.94. The van der Waals surface area contributed by atoms with Gasteiger partial charge in [-0.05, 0) is 43.1 Å². The van der Waals surface area contributed by atoms with Crippen LogP contribution in [0.5, 0.6) is 0 Å². The summed E-state index contributed by atoms with van der Waals surface area (Å²) in [4.78, 5) is 23.4. The average molecular weight is 414 g/mol. The molecule has 1 heterocycles. The minimum absolute atomic E-state index is 0.0995. The molecule has 0 aliphatic heterocycles. The van der Waals surface area contributed by atoms with Crippen LogP contribution in [0.25, 0.3) is 10.2 Å². The quantitative estimate of drug-likeness (QED) is 0.466. The normalized spacial score (nSPS) is 11.3. The molecule has 148 valence electrons. The minimum atomic E-state index is 0.0995. The third-order valence-electron chi connectivity index (χ3n) is 4.85. The molecule has 6 heteroatoms. The third-order valence-corrected chi connectivity index (χ3v) is 6.62.